The van der Waals surface area contributed by atoms with Gasteiger partial charge >= 0.3 is 0 Å². The van der Waals surface area contributed by atoms with Crippen molar-refractivity contribution in [1.29, 1.82) is 0 Å². The van der Waals surface area contributed by atoms with Crippen molar-refractivity contribution in [3.05, 3.63) is 288 Å². The Labute approximate surface area is 387 Å². The maximum Gasteiger partial charge on any atom is 0.222 e. The van der Waals surface area contributed by atoms with E-state index < -0.39 is 7.32 Å². The Morgan fingerprint density at radius 2 is 0.667 bits per heavy atom. The van der Waals surface area contributed by atoms with E-state index in [4.69, 9.17) is 14.3 Å². The maximum atomic E-state index is 10.7. The van der Waals surface area contributed by atoms with Crippen LogP contribution in [0.3, 0.4) is 0 Å². The molecule has 0 radical (unpaired) electrons. The molecule has 2 aromatic heterocycles. The minimum atomic E-state index is -2.23. The predicted octanol–water partition coefficient (Wildman–Crippen LogP) is 8.87. The summed E-state index contributed by atoms with van der Waals surface area (Å²) < 4.78 is 8.27. The molecule has 0 atom stereocenters. The lowest BCUT2D eigenvalue weighted by Gasteiger charge is -2.37. The molecule has 0 saturated carbocycles. The van der Waals surface area contributed by atoms with Crippen LogP contribution in [0, 0.1) is 0 Å². The third kappa shape index (κ3) is 9.58. The first kappa shape index (κ1) is 43.6. The van der Waals surface area contributed by atoms with Crippen molar-refractivity contribution in [2.24, 2.45) is 0 Å². The van der Waals surface area contributed by atoms with Crippen LogP contribution in [0.15, 0.2) is 249 Å². The van der Waals surface area contributed by atoms with Crippen molar-refractivity contribution in [3.8, 4) is 22.3 Å². The van der Waals surface area contributed by atoms with Crippen LogP contribution < -0.4 is 29.2 Å². The molecule has 0 amide bonds. The number of benzene rings is 7. The smallest absolute Gasteiger partial charge is 0.222 e. The summed E-state index contributed by atoms with van der Waals surface area (Å²) >= 11 is 0. The Balaban J connectivity index is 0.000000126. The molecule has 324 valence electrons. The predicted molar refractivity (Wildman–Crippen MR) is 254 cm³/mol. The Hall–Kier alpha value is -7.62. The van der Waals surface area contributed by atoms with Crippen LogP contribution in [0.25, 0.3) is 22.3 Å². The molecule has 66 heavy (non-hydrogen) atoms. The Morgan fingerprint density at radius 1 is 0.379 bits per heavy atom. The molecule has 0 N–H and O–H groups in total. The van der Waals surface area contributed by atoms with E-state index in [1.54, 1.807) is 9.46 Å². The second-order valence-corrected chi connectivity index (χ2v) is 16.1. The lowest BCUT2D eigenvalue weighted by Crippen LogP contribution is -2.48. The highest BCUT2D eigenvalue weighted by atomic mass is 16.7. The molecular weight excluding hydrogens is 815 g/mol. The van der Waals surface area contributed by atoms with E-state index in [1.165, 1.54) is 61.2 Å². The number of rotatable bonds is 12. The SMILES string of the molecule is [O-]B([O-])OCCCC(c1ccccc1)(c1ccccc1)c1ccccc1.c1cc[n+](OC2c3ccccc3-c3ccccc32)cc1.c1cc[n+](OC2c3ccccc3-c3ccccc32)cc1. The molecule has 7 nitrogen and oxygen atoms in total. The molecule has 0 saturated heterocycles. The van der Waals surface area contributed by atoms with Crippen molar-refractivity contribution in [3.63, 3.8) is 0 Å². The third-order valence-corrected chi connectivity index (χ3v) is 12.1. The Kier molecular flexibility index (Phi) is 13.8. The van der Waals surface area contributed by atoms with Crippen molar-refractivity contribution in [1.82, 2.24) is 0 Å². The first-order valence-electron chi connectivity index (χ1n) is 22.3. The molecule has 8 heteroatoms. The molecule has 7 aromatic carbocycles. The minimum Gasteiger partial charge on any atom is -0.871 e. The molecule has 2 aliphatic carbocycles. The second-order valence-electron chi connectivity index (χ2n) is 16.1. The number of pyridine rings is 2. The molecule has 11 rings (SSSR count). The summed E-state index contributed by atoms with van der Waals surface area (Å²) in [6.45, 7) is 0.159. The molecule has 0 fully saturated rings. The van der Waals surface area contributed by atoms with Crippen LogP contribution in [-0.2, 0) is 10.1 Å². The van der Waals surface area contributed by atoms with Crippen molar-refractivity contribution in [2.45, 2.75) is 30.5 Å². The first-order valence-corrected chi connectivity index (χ1v) is 22.3. The van der Waals surface area contributed by atoms with Crippen molar-refractivity contribution >= 4 is 7.32 Å². The molecule has 0 spiro atoms. The van der Waals surface area contributed by atoms with Gasteiger partial charge in [-0.3, -0.25) is 9.68 Å². The van der Waals surface area contributed by atoms with Gasteiger partial charge in [0.25, 0.3) is 0 Å². The lowest BCUT2D eigenvalue weighted by molar-refractivity contribution is -0.899. The normalized spacial score (nSPS) is 12.2. The van der Waals surface area contributed by atoms with Gasteiger partial charge in [-0.1, -0.05) is 200 Å². The number of hydrogen-bond donors (Lipinski definition) is 0. The fraction of sp³-hybridized carbons (Fsp3) is 0.103. The van der Waals surface area contributed by atoms with E-state index in [2.05, 4.69) is 133 Å². The monoisotopic (exact) mass is 864 g/mol. The fourth-order valence-corrected chi connectivity index (χ4v) is 9.21. The van der Waals surface area contributed by atoms with Gasteiger partial charge in [-0.2, -0.15) is 0 Å². The van der Waals surface area contributed by atoms with E-state index in [9.17, 15) is 10.0 Å². The highest BCUT2D eigenvalue weighted by molar-refractivity contribution is 6.28. The summed E-state index contributed by atoms with van der Waals surface area (Å²) in [5.74, 6) is 0. The molecule has 0 bridgehead atoms. The molecule has 9 aromatic rings. The van der Waals surface area contributed by atoms with Gasteiger partial charge in [-0.25, -0.2) is 0 Å². The first-order chi connectivity index (χ1) is 32.6. The van der Waals surface area contributed by atoms with Crippen molar-refractivity contribution in [2.75, 3.05) is 6.61 Å². The number of nitrogens with zero attached hydrogens (tertiary/aromatic N) is 2. The second kappa shape index (κ2) is 20.9. The summed E-state index contributed by atoms with van der Waals surface area (Å²) in [7, 11) is -2.23. The summed E-state index contributed by atoms with van der Waals surface area (Å²) in [6.07, 6.45) is 8.93. The van der Waals surface area contributed by atoms with Gasteiger partial charge in [0.1, 0.15) is 0 Å². The van der Waals surface area contributed by atoms with E-state index in [0.29, 0.717) is 6.42 Å². The van der Waals surface area contributed by atoms with Gasteiger partial charge in [-0.05, 0) is 51.8 Å². The zero-order chi connectivity index (χ0) is 45.0. The zero-order valence-electron chi connectivity index (χ0n) is 36.5. The number of aromatic nitrogens is 2. The van der Waals surface area contributed by atoms with Crippen LogP contribution in [0.4, 0.5) is 0 Å². The molecule has 2 heterocycles. The van der Waals surface area contributed by atoms with Gasteiger partial charge < -0.3 is 14.7 Å². The summed E-state index contributed by atoms with van der Waals surface area (Å²) in [6, 6.07) is 76.6. The topological polar surface area (TPSA) is 81.6 Å². The summed E-state index contributed by atoms with van der Waals surface area (Å²) in [5, 5.41) is 21.4. The zero-order valence-corrected chi connectivity index (χ0v) is 36.5. The van der Waals surface area contributed by atoms with Gasteiger partial charge in [-0.15, -0.1) is 0 Å². The molecule has 0 aliphatic heterocycles. The van der Waals surface area contributed by atoms with E-state index in [1.807, 2.05) is 116 Å². The van der Waals surface area contributed by atoms with E-state index >= 15 is 0 Å². The van der Waals surface area contributed by atoms with Crippen LogP contribution in [-0.4, -0.2) is 13.9 Å². The summed E-state index contributed by atoms with van der Waals surface area (Å²) in [5.41, 5.74) is 13.2. The minimum absolute atomic E-state index is 0.0465. The van der Waals surface area contributed by atoms with Crippen molar-refractivity contribution < 1.29 is 33.8 Å². The Bertz CT molecular complexity index is 2600. The van der Waals surface area contributed by atoms with Gasteiger partial charge in [0, 0.05) is 68.0 Å². The number of fused-ring (bicyclic) bond motifs is 6. The fourth-order valence-electron chi connectivity index (χ4n) is 9.21. The van der Waals surface area contributed by atoms with Gasteiger partial charge in [0.15, 0.2) is 0 Å². The van der Waals surface area contributed by atoms with E-state index in [0.717, 1.165) is 6.42 Å². The average molecular weight is 865 g/mol. The molecule has 0 unspecified atom stereocenters. The molecule has 2 aliphatic rings. The van der Waals surface area contributed by atoms with E-state index in [-0.39, 0.29) is 24.2 Å². The highest BCUT2D eigenvalue weighted by Crippen LogP contribution is 2.45. The third-order valence-electron chi connectivity index (χ3n) is 12.1. The van der Waals surface area contributed by atoms with Gasteiger partial charge in [0.05, 0.1) is 7.32 Å². The van der Waals surface area contributed by atoms with Crippen LogP contribution in [0.1, 0.15) is 64.0 Å². The maximum absolute atomic E-state index is 10.7. The summed E-state index contributed by atoms with van der Waals surface area (Å²) in [4.78, 5) is 12.3. The van der Waals surface area contributed by atoms with Crippen LogP contribution in [0.2, 0.25) is 0 Å². The van der Waals surface area contributed by atoms with Crippen LogP contribution >= 0.6 is 0 Å². The average Bonchev–Trinajstić information content (AvgIpc) is 3.87. The Morgan fingerprint density at radius 3 is 0.985 bits per heavy atom. The van der Waals surface area contributed by atoms with Crippen LogP contribution in [0.5, 0.6) is 0 Å². The largest absolute Gasteiger partial charge is 0.871 e. The molecular formula is C58H49BN2O5. The van der Waals surface area contributed by atoms with Gasteiger partial charge in [0.2, 0.25) is 37.0 Å². The number of hydrogen-bond acceptors (Lipinski definition) is 5. The standard InChI is InChI=1S/C22H21BO3.2C18H14NO/c24-23(25)26-18-10-17-22(19-11-4-1-5-12-19,20-13-6-2-7-14-20)21-15-8-3-9-16-21;2*1-6-12-19(13-7-1)20-18-16-10-4-2-8-14(16)15-9-3-5-11-17(15)18/h1-9,11-16H,10,17-18H2;2*1-13,18H/q-2;2*+1. The quantitative estimate of drug-likeness (QED) is 0.0531. The lowest BCUT2D eigenvalue weighted by atomic mass is 9.67. The highest BCUT2D eigenvalue weighted by Gasteiger charge is 2.36.